The van der Waals surface area contributed by atoms with Gasteiger partial charge in [0.25, 0.3) is 0 Å². The van der Waals surface area contributed by atoms with Crippen molar-refractivity contribution in [3.8, 4) is 0 Å². The fraction of sp³-hybridized carbons (Fsp3) is 0.417. The quantitative estimate of drug-likeness (QED) is 0.619. The van der Waals surface area contributed by atoms with Crippen LogP contribution in [0.15, 0.2) is 30.8 Å². The number of methoxy groups -OCH3 is 1. The molecule has 11 heteroatoms. The molecule has 1 rings (SSSR count). The summed E-state index contributed by atoms with van der Waals surface area (Å²) >= 11 is 0. The van der Waals surface area contributed by atoms with Gasteiger partial charge >= 0.3 is 12.1 Å². The molecule has 1 aromatic rings. The SMILES string of the molecule is C=C(OC)C(F)(F)F.CS(=O)(=O)CC[n+]1ccc(C(=O)O)cn1. The maximum absolute atomic E-state index is 11.2. The van der Waals surface area contributed by atoms with Gasteiger partial charge in [-0.3, -0.25) is 0 Å². The fourth-order valence-electron chi connectivity index (χ4n) is 1.02. The number of aromatic nitrogens is 2. The molecule has 0 spiro atoms. The Labute approximate surface area is 130 Å². The summed E-state index contributed by atoms with van der Waals surface area (Å²) in [4.78, 5) is 10.5. The van der Waals surface area contributed by atoms with Gasteiger partial charge in [0.05, 0.1) is 12.7 Å². The minimum Gasteiger partial charge on any atom is -0.493 e. The molecule has 7 nitrogen and oxygen atoms in total. The van der Waals surface area contributed by atoms with Crippen molar-refractivity contribution < 1.29 is 40.9 Å². The smallest absolute Gasteiger partial charge is 0.448 e. The number of alkyl halides is 3. The first kappa shape index (κ1) is 20.8. The zero-order chi connectivity index (χ0) is 18.3. The van der Waals surface area contributed by atoms with Crippen LogP contribution in [0.3, 0.4) is 0 Å². The molecule has 0 radical (unpaired) electrons. The van der Waals surface area contributed by atoms with Crippen molar-refractivity contribution in [3.05, 3.63) is 36.4 Å². The van der Waals surface area contributed by atoms with Crippen molar-refractivity contribution in [1.29, 1.82) is 0 Å². The maximum Gasteiger partial charge on any atom is 0.448 e. The summed E-state index contributed by atoms with van der Waals surface area (Å²) in [5, 5.41) is 12.4. The van der Waals surface area contributed by atoms with Crippen LogP contribution in [0, 0.1) is 0 Å². The van der Waals surface area contributed by atoms with Crippen molar-refractivity contribution >= 4 is 15.8 Å². The van der Waals surface area contributed by atoms with E-state index in [0.717, 1.165) is 13.4 Å². The highest BCUT2D eigenvalue weighted by Gasteiger charge is 2.33. The number of ether oxygens (including phenoxy) is 1. The Morgan fingerprint density at radius 1 is 1.48 bits per heavy atom. The second-order valence-electron chi connectivity index (χ2n) is 4.24. The Morgan fingerprint density at radius 2 is 2.04 bits per heavy atom. The summed E-state index contributed by atoms with van der Waals surface area (Å²) in [6, 6.07) is 1.37. The molecular formula is C12H16F3N2O5S+. The van der Waals surface area contributed by atoms with Crippen LogP contribution in [-0.4, -0.2) is 49.9 Å². The average molecular weight is 357 g/mol. The molecule has 0 saturated heterocycles. The highest BCUT2D eigenvalue weighted by atomic mass is 32.2. The van der Waals surface area contributed by atoms with Crippen LogP contribution >= 0.6 is 0 Å². The van der Waals surface area contributed by atoms with Crippen molar-refractivity contribution in [2.24, 2.45) is 0 Å². The third-order valence-electron chi connectivity index (χ3n) is 2.27. The second-order valence-corrected chi connectivity index (χ2v) is 6.50. The number of nitrogens with zero attached hydrogens (tertiary/aromatic N) is 2. The van der Waals surface area contributed by atoms with E-state index >= 15 is 0 Å². The molecule has 0 unspecified atom stereocenters. The molecule has 0 aliphatic carbocycles. The molecule has 23 heavy (non-hydrogen) atoms. The van der Waals surface area contributed by atoms with Crippen molar-refractivity contribution in [1.82, 2.24) is 5.10 Å². The maximum atomic E-state index is 11.2. The number of carboxylic acid groups (broad SMARTS) is 1. The van der Waals surface area contributed by atoms with Gasteiger partial charge in [-0.2, -0.15) is 13.2 Å². The molecule has 0 amide bonds. The number of rotatable bonds is 5. The second kappa shape index (κ2) is 8.46. The summed E-state index contributed by atoms with van der Waals surface area (Å²) < 4.78 is 60.5. The third kappa shape index (κ3) is 9.45. The molecule has 0 bridgehead atoms. The highest BCUT2D eigenvalue weighted by molar-refractivity contribution is 7.90. The van der Waals surface area contributed by atoms with E-state index in [1.807, 2.05) is 0 Å². The van der Waals surface area contributed by atoms with E-state index in [1.165, 1.54) is 23.1 Å². The predicted molar refractivity (Wildman–Crippen MR) is 73.3 cm³/mol. The number of carbonyl (C=O) groups is 1. The minimum atomic E-state index is -4.41. The van der Waals surface area contributed by atoms with Gasteiger partial charge in [-0.15, -0.1) is 0 Å². The lowest BCUT2D eigenvalue weighted by molar-refractivity contribution is -0.750. The van der Waals surface area contributed by atoms with Crippen LogP contribution in [0.2, 0.25) is 0 Å². The van der Waals surface area contributed by atoms with Crippen LogP contribution < -0.4 is 4.68 Å². The average Bonchev–Trinajstić information content (AvgIpc) is 2.43. The minimum absolute atomic E-state index is 0.0168. The number of sulfone groups is 1. The molecule has 1 aromatic heterocycles. The van der Waals surface area contributed by atoms with Gasteiger partial charge in [0.2, 0.25) is 0 Å². The topological polar surface area (TPSA) is 97.4 Å². The predicted octanol–water partition coefficient (Wildman–Crippen LogP) is 0.821. The Kier molecular flexibility index (Phi) is 7.66. The lowest BCUT2D eigenvalue weighted by Gasteiger charge is -2.06. The Bertz CT molecular complexity index is 642. The van der Waals surface area contributed by atoms with E-state index in [-0.39, 0.29) is 17.9 Å². The molecule has 0 fully saturated rings. The van der Waals surface area contributed by atoms with Gasteiger partial charge in [0.15, 0.2) is 28.3 Å². The summed E-state index contributed by atoms with van der Waals surface area (Å²) in [7, 11) is -2.10. The summed E-state index contributed by atoms with van der Waals surface area (Å²) in [5.74, 6) is -2.24. The normalized spacial score (nSPS) is 11.2. The highest BCUT2D eigenvalue weighted by Crippen LogP contribution is 2.23. The zero-order valence-corrected chi connectivity index (χ0v) is 13.2. The van der Waals surface area contributed by atoms with Crippen LogP contribution in [0.5, 0.6) is 0 Å². The molecule has 0 aliphatic rings. The number of halogens is 3. The van der Waals surface area contributed by atoms with E-state index in [2.05, 4.69) is 16.4 Å². The Balaban J connectivity index is 0.000000515. The van der Waals surface area contributed by atoms with Gasteiger partial charge in [-0.25, -0.2) is 13.2 Å². The van der Waals surface area contributed by atoms with E-state index in [1.54, 1.807) is 0 Å². The Hall–Kier alpha value is -2.17. The molecule has 0 aliphatic heterocycles. The molecule has 1 heterocycles. The van der Waals surface area contributed by atoms with Crippen LogP contribution in [0.25, 0.3) is 0 Å². The zero-order valence-electron chi connectivity index (χ0n) is 12.4. The van der Waals surface area contributed by atoms with Gasteiger partial charge < -0.3 is 9.84 Å². The van der Waals surface area contributed by atoms with Crippen LogP contribution in [0.1, 0.15) is 10.4 Å². The first-order valence-corrected chi connectivity index (χ1v) is 7.99. The van der Waals surface area contributed by atoms with E-state index in [4.69, 9.17) is 5.11 Å². The summed E-state index contributed by atoms with van der Waals surface area (Å²) in [5.41, 5.74) is 0.0746. The number of hydrogen-bond acceptors (Lipinski definition) is 5. The molecule has 0 atom stereocenters. The number of hydrogen-bond donors (Lipinski definition) is 1. The molecule has 130 valence electrons. The van der Waals surface area contributed by atoms with Crippen molar-refractivity contribution in [3.63, 3.8) is 0 Å². The molecule has 0 aromatic carbocycles. The van der Waals surface area contributed by atoms with Crippen molar-refractivity contribution in [2.75, 3.05) is 19.1 Å². The van der Waals surface area contributed by atoms with Crippen LogP contribution in [0.4, 0.5) is 13.2 Å². The van der Waals surface area contributed by atoms with Crippen molar-refractivity contribution in [2.45, 2.75) is 12.7 Å². The summed E-state index contributed by atoms with van der Waals surface area (Å²) in [6.07, 6.45) is -0.646. The lowest BCUT2D eigenvalue weighted by atomic mass is 10.3. The standard InChI is InChI=1S/C8H10N2O4S.C4H5F3O/c1-15(13,14)5-4-10-3-2-7(6-9-10)8(11)12;1-3(8-2)4(5,6)7/h2-3,6H,4-5H2,1H3;1H2,2H3/p+1. The van der Waals surface area contributed by atoms with Crippen LogP contribution in [-0.2, 0) is 21.1 Å². The summed E-state index contributed by atoms with van der Waals surface area (Å²) in [6.45, 7) is 2.82. The first-order valence-electron chi connectivity index (χ1n) is 5.93. The van der Waals surface area contributed by atoms with Gasteiger partial charge in [-0.1, -0.05) is 11.3 Å². The lowest BCUT2D eigenvalue weighted by Crippen LogP contribution is -2.40. The number of aromatic carboxylic acids is 1. The molecule has 1 N–H and O–H groups in total. The monoisotopic (exact) mass is 357 g/mol. The third-order valence-corrected chi connectivity index (χ3v) is 3.20. The number of allylic oxidation sites excluding steroid dienone is 1. The Morgan fingerprint density at radius 3 is 2.30 bits per heavy atom. The fourth-order valence-corrected chi connectivity index (χ4v) is 1.54. The number of aryl methyl sites for hydroxylation is 1. The van der Waals surface area contributed by atoms with E-state index in [9.17, 15) is 26.4 Å². The largest absolute Gasteiger partial charge is 0.493 e. The first-order chi connectivity index (χ1) is 10.4. The van der Waals surface area contributed by atoms with E-state index in [0.29, 0.717) is 0 Å². The molecule has 0 saturated carbocycles. The van der Waals surface area contributed by atoms with Gasteiger partial charge in [0.1, 0.15) is 11.9 Å². The van der Waals surface area contributed by atoms with E-state index < -0.39 is 27.7 Å². The van der Waals surface area contributed by atoms with Gasteiger partial charge in [0, 0.05) is 12.3 Å². The number of carboxylic acids is 1. The molecular weight excluding hydrogens is 341 g/mol. The van der Waals surface area contributed by atoms with Gasteiger partial charge in [-0.05, 0) is 5.10 Å².